The zero-order valence-electron chi connectivity index (χ0n) is 18.1. The van der Waals surface area contributed by atoms with Gasteiger partial charge in [-0.3, -0.25) is 14.9 Å². The monoisotopic (exact) mass is 468 g/mol. The largest absolute Gasteiger partial charge is 0.488 e. The number of amides is 1. The fourth-order valence-corrected chi connectivity index (χ4v) is 3.39. The summed E-state index contributed by atoms with van der Waals surface area (Å²) in [6, 6.07) is 22.5. The second kappa shape index (κ2) is 10.2. The highest BCUT2D eigenvalue weighted by atomic mass is 19.1. The number of non-ortho nitro benzene ring substituents is 1. The van der Waals surface area contributed by atoms with Crippen LogP contribution >= 0.6 is 0 Å². The number of halogens is 1. The Balaban J connectivity index is 1.56. The summed E-state index contributed by atoms with van der Waals surface area (Å²) in [5, 5.41) is 25.4. The molecule has 0 aliphatic rings. The molecular weight excluding hydrogens is 451 g/mol. The Morgan fingerprint density at radius 1 is 1.11 bits per heavy atom. The van der Waals surface area contributed by atoms with E-state index >= 15 is 0 Å². The molecule has 0 heterocycles. The first kappa shape index (κ1) is 23.1. The molecule has 1 amide bonds. The quantitative estimate of drug-likeness (QED) is 0.230. The van der Waals surface area contributed by atoms with Gasteiger partial charge in [0, 0.05) is 17.7 Å². The van der Waals surface area contributed by atoms with Gasteiger partial charge in [-0.2, -0.15) is 10.4 Å². The first-order valence-corrected chi connectivity index (χ1v) is 10.4. The van der Waals surface area contributed by atoms with E-state index in [1.807, 2.05) is 36.4 Å². The van der Waals surface area contributed by atoms with E-state index in [1.54, 1.807) is 18.2 Å². The van der Waals surface area contributed by atoms with Crippen LogP contribution in [0, 0.1) is 27.3 Å². The Bertz CT molecular complexity index is 1490. The van der Waals surface area contributed by atoms with Gasteiger partial charge in [0.25, 0.3) is 11.6 Å². The van der Waals surface area contributed by atoms with Crippen LogP contribution in [0.1, 0.15) is 27.0 Å². The molecule has 4 aromatic carbocycles. The van der Waals surface area contributed by atoms with Crippen molar-refractivity contribution < 1.29 is 18.8 Å². The van der Waals surface area contributed by atoms with Crippen LogP contribution in [0.25, 0.3) is 10.8 Å². The number of nitriles is 1. The summed E-state index contributed by atoms with van der Waals surface area (Å²) in [6.45, 7) is 0.153. The molecular formula is C26H17FN4O4. The van der Waals surface area contributed by atoms with Crippen molar-refractivity contribution in [3.8, 4) is 11.8 Å². The number of nitro groups is 1. The molecule has 0 spiro atoms. The summed E-state index contributed by atoms with van der Waals surface area (Å²) in [5.41, 5.74) is 3.47. The van der Waals surface area contributed by atoms with Crippen molar-refractivity contribution in [2.75, 3.05) is 0 Å². The number of nitrogens with one attached hydrogen (secondary N) is 1. The molecule has 9 heteroatoms. The summed E-state index contributed by atoms with van der Waals surface area (Å²) in [4.78, 5) is 22.7. The van der Waals surface area contributed by atoms with Crippen LogP contribution in [0.4, 0.5) is 10.1 Å². The molecule has 0 unspecified atom stereocenters. The molecule has 0 atom stereocenters. The van der Waals surface area contributed by atoms with Gasteiger partial charge < -0.3 is 4.74 Å². The van der Waals surface area contributed by atoms with E-state index < -0.39 is 16.6 Å². The molecule has 4 rings (SSSR count). The zero-order chi connectivity index (χ0) is 24.8. The molecule has 0 bridgehead atoms. The predicted octanol–water partition coefficient (Wildman–Crippen LogP) is 5.10. The number of nitrogens with zero attached hydrogens (tertiary/aromatic N) is 3. The first-order valence-electron chi connectivity index (χ1n) is 10.4. The Hall–Kier alpha value is -5.10. The summed E-state index contributed by atoms with van der Waals surface area (Å²) in [5.74, 6) is -1.12. The fraction of sp³-hybridized carbons (Fsp3) is 0.0385. The smallest absolute Gasteiger partial charge is 0.274 e. The second-order valence-corrected chi connectivity index (χ2v) is 7.42. The van der Waals surface area contributed by atoms with Crippen LogP contribution < -0.4 is 10.2 Å². The summed E-state index contributed by atoms with van der Waals surface area (Å²) in [6.07, 6.45) is 1.41. The van der Waals surface area contributed by atoms with Crippen LogP contribution in [0.2, 0.25) is 0 Å². The standard InChI is InChI=1S/C26H17FN4O4/c27-24-13-18(14-28)7-11-22(24)26(32)30-29-15-23-21-4-2-1-3-19(21)8-12-25(23)35-16-17-5-9-20(10-6-17)31(33)34/h1-13,15H,16H2,(H,30,32)/b29-15-. The number of hydrogen-bond donors (Lipinski definition) is 1. The van der Waals surface area contributed by atoms with Gasteiger partial charge in [0.1, 0.15) is 18.2 Å². The third-order valence-electron chi connectivity index (χ3n) is 5.17. The van der Waals surface area contributed by atoms with Crippen molar-refractivity contribution in [3.63, 3.8) is 0 Å². The van der Waals surface area contributed by atoms with Crippen molar-refractivity contribution in [1.82, 2.24) is 5.43 Å². The molecule has 0 saturated heterocycles. The summed E-state index contributed by atoms with van der Waals surface area (Å²) < 4.78 is 20.1. The van der Waals surface area contributed by atoms with Gasteiger partial charge in [0.05, 0.1) is 28.3 Å². The maximum atomic E-state index is 14.1. The molecule has 0 aliphatic carbocycles. The number of carbonyl (C=O) groups excluding carboxylic acids is 1. The lowest BCUT2D eigenvalue weighted by Gasteiger charge is -2.12. The third kappa shape index (κ3) is 5.29. The topological polar surface area (TPSA) is 118 Å². The Labute approximate surface area is 199 Å². The van der Waals surface area contributed by atoms with Gasteiger partial charge in [-0.1, -0.05) is 30.3 Å². The van der Waals surface area contributed by atoms with Crippen LogP contribution in [0.5, 0.6) is 5.75 Å². The number of benzene rings is 4. The Kier molecular flexibility index (Phi) is 6.74. The van der Waals surface area contributed by atoms with Gasteiger partial charge >= 0.3 is 0 Å². The minimum absolute atomic E-state index is 0.0123. The van der Waals surface area contributed by atoms with Crippen molar-refractivity contribution in [3.05, 3.63) is 117 Å². The third-order valence-corrected chi connectivity index (χ3v) is 5.17. The van der Waals surface area contributed by atoms with Gasteiger partial charge in [-0.05, 0) is 52.7 Å². The van der Waals surface area contributed by atoms with E-state index in [9.17, 15) is 19.3 Å². The number of nitro benzene ring substituents is 1. The Morgan fingerprint density at radius 2 is 1.89 bits per heavy atom. The first-order chi connectivity index (χ1) is 17.0. The lowest BCUT2D eigenvalue weighted by atomic mass is 10.0. The molecule has 0 fully saturated rings. The maximum absolute atomic E-state index is 14.1. The summed E-state index contributed by atoms with van der Waals surface area (Å²) >= 11 is 0. The highest BCUT2D eigenvalue weighted by Gasteiger charge is 2.13. The molecule has 0 aromatic heterocycles. The van der Waals surface area contributed by atoms with E-state index in [2.05, 4.69) is 10.5 Å². The lowest BCUT2D eigenvalue weighted by Crippen LogP contribution is -2.19. The van der Waals surface area contributed by atoms with E-state index in [1.165, 1.54) is 30.5 Å². The number of hydrazone groups is 1. The lowest BCUT2D eigenvalue weighted by molar-refractivity contribution is -0.384. The summed E-state index contributed by atoms with van der Waals surface area (Å²) in [7, 11) is 0. The predicted molar refractivity (Wildman–Crippen MR) is 128 cm³/mol. The average Bonchev–Trinajstić information content (AvgIpc) is 2.88. The minimum atomic E-state index is -0.825. The minimum Gasteiger partial charge on any atom is -0.488 e. The number of hydrogen-bond acceptors (Lipinski definition) is 6. The number of rotatable bonds is 7. The number of carbonyl (C=O) groups is 1. The van der Waals surface area contributed by atoms with Crippen molar-refractivity contribution in [2.24, 2.45) is 5.10 Å². The molecule has 4 aromatic rings. The van der Waals surface area contributed by atoms with Crippen molar-refractivity contribution >= 4 is 28.6 Å². The van der Waals surface area contributed by atoms with Gasteiger partial charge in [0.2, 0.25) is 0 Å². The normalized spacial score (nSPS) is 10.7. The molecule has 8 nitrogen and oxygen atoms in total. The van der Waals surface area contributed by atoms with E-state index in [0.29, 0.717) is 11.3 Å². The maximum Gasteiger partial charge on any atom is 0.274 e. The number of fused-ring (bicyclic) bond motifs is 1. The highest BCUT2D eigenvalue weighted by molar-refractivity contribution is 6.03. The molecule has 0 saturated carbocycles. The SMILES string of the molecule is N#Cc1ccc(C(=O)N/N=C\c2c(OCc3ccc([N+](=O)[O-])cc3)ccc3ccccc23)c(F)c1. The molecule has 1 N–H and O–H groups in total. The van der Waals surface area contributed by atoms with Crippen LogP contribution in [-0.2, 0) is 6.61 Å². The van der Waals surface area contributed by atoms with Gasteiger partial charge in [0.15, 0.2) is 0 Å². The number of ether oxygens (including phenoxy) is 1. The van der Waals surface area contributed by atoms with Gasteiger partial charge in [-0.25, -0.2) is 9.82 Å². The molecule has 172 valence electrons. The van der Waals surface area contributed by atoms with Crippen LogP contribution in [0.3, 0.4) is 0 Å². The second-order valence-electron chi connectivity index (χ2n) is 7.42. The van der Waals surface area contributed by atoms with Gasteiger partial charge in [-0.15, -0.1) is 0 Å². The molecule has 35 heavy (non-hydrogen) atoms. The van der Waals surface area contributed by atoms with E-state index in [-0.39, 0.29) is 23.4 Å². The van der Waals surface area contributed by atoms with Crippen LogP contribution in [0.15, 0.2) is 84.0 Å². The zero-order valence-corrected chi connectivity index (χ0v) is 18.1. The van der Waals surface area contributed by atoms with Crippen molar-refractivity contribution in [2.45, 2.75) is 6.61 Å². The van der Waals surface area contributed by atoms with E-state index in [0.717, 1.165) is 22.4 Å². The average molecular weight is 468 g/mol. The fourth-order valence-electron chi connectivity index (χ4n) is 3.39. The highest BCUT2D eigenvalue weighted by Crippen LogP contribution is 2.27. The van der Waals surface area contributed by atoms with Crippen molar-refractivity contribution in [1.29, 1.82) is 5.26 Å². The van der Waals surface area contributed by atoms with Crippen LogP contribution in [-0.4, -0.2) is 17.0 Å². The Morgan fingerprint density at radius 3 is 2.60 bits per heavy atom. The molecule has 0 radical (unpaired) electrons. The van der Waals surface area contributed by atoms with E-state index in [4.69, 9.17) is 10.00 Å². The molecule has 0 aliphatic heterocycles.